The molecule has 1 aromatic heterocycles. The van der Waals surface area contributed by atoms with E-state index in [2.05, 4.69) is 52.6 Å². The van der Waals surface area contributed by atoms with E-state index in [1.165, 1.54) is 41.0 Å². The van der Waals surface area contributed by atoms with Crippen molar-refractivity contribution in [3.05, 3.63) is 59.5 Å². The van der Waals surface area contributed by atoms with Gasteiger partial charge in [0.05, 0.1) is 5.69 Å². The first kappa shape index (κ1) is 19.6. The first-order valence-electron chi connectivity index (χ1n) is 8.15. The quantitative estimate of drug-likeness (QED) is 0.446. The summed E-state index contributed by atoms with van der Waals surface area (Å²) in [6, 6.07) is 14.0. The highest BCUT2D eigenvalue weighted by Crippen LogP contribution is 2.30. The SMILES string of the molecule is CC(C)c1ccc(-c2csc(NSc3ccc(OC(F)(F)F)cc3)n2)cc1. The molecule has 3 rings (SSSR count). The molecule has 142 valence electrons. The van der Waals surface area contributed by atoms with Crippen molar-refractivity contribution in [3.8, 4) is 17.0 Å². The number of anilines is 1. The minimum Gasteiger partial charge on any atom is -0.406 e. The van der Waals surface area contributed by atoms with Gasteiger partial charge in [-0.05, 0) is 47.7 Å². The number of aromatic nitrogens is 1. The molecule has 0 atom stereocenters. The molecule has 0 unspecified atom stereocenters. The standard InChI is InChI=1S/C19H17F3N2OS2/c1-12(2)13-3-5-14(6-4-13)17-11-26-18(23-17)24-27-16-9-7-15(8-10-16)25-19(20,21)22/h3-12H,1-2H3,(H,23,24). The van der Waals surface area contributed by atoms with E-state index in [0.29, 0.717) is 5.92 Å². The second-order valence-corrected chi connectivity index (χ2v) is 7.78. The van der Waals surface area contributed by atoms with E-state index in [9.17, 15) is 13.2 Å². The molecule has 8 heteroatoms. The summed E-state index contributed by atoms with van der Waals surface area (Å²) in [5.74, 6) is 0.240. The van der Waals surface area contributed by atoms with Crippen LogP contribution in [0.25, 0.3) is 11.3 Å². The molecule has 0 aliphatic rings. The van der Waals surface area contributed by atoms with Gasteiger partial charge in [0.15, 0.2) is 5.13 Å². The van der Waals surface area contributed by atoms with Gasteiger partial charge in [0.25, 0.3) is 0 Å². The number of nitrogens with zero attached hydrogens (tertiary/aromatic N) is 1. The molecule has 0 fully saturated rings. The van der Waals surface area contributed by atoms with Crippen LogP contribution in [0.1, 0.15) is 25.3 Å². The van der Waals surface area contributed by atoms with E-state index in [0.717, 1.165) is 21.3 Å². The highest BCUT2D eigenvalue weighted by Gasteiger charge is 2.30. The first-order chi connectivity index (χ1) is 12.8. The van der Waals surface area contributed by atoms with Crippen LogP contribution in [0.5, 0.6) is 5.75 Å². The van der Waals surface area contributed by atoms with Gasteiger partial charge in [0.1, 0.15) is 5.75 Å². The van der Waals surface area contributed by atoms with Crippen molar-refractivity contribution in [1.82, 2.24) is 4.98 Å². The molecule has 0 aliphatic carbocycles. The lowest BCUT2D eigenvalue weighted by Crippen LogP contribution is -2.16. The average Bonchev–Trinajstić information content (AvgIpc) is 3.09. The number of thiazole rings is 1. The summed E-state index contributed by atoms with van der Waals surface area (Å²) in [5.41, 5.74) is 3.20. The zero-order valence-corrected chi connectivity index (χ0v) is 16.2. The number of nitrogens with one attached hydrogen (secondary N) is 1. The van der Waals surface area contributed by atoms with Gasteiger partial charge in [0.2, 0.25) is 0 Å². The summed E-state index contributed by atoms with van der Waals surface area (Å²) in [5, 5.41) is 2.69. The Morgan fingerprint density at radius 3 is 2.30 bits per heavy atom. The molecule has 0 radical (unpaired) electrons. The number of rotatable bonds is 6. The normalized spacial score (nSPS) is 11.6. The second-order valence-electron chi connectivity index (χ2n) is 6.04. The molecule has 1 heterocycles. The van der Waals surface area contributed by atoms with Crippen LogP contribution in [0.2, 0.25) is 0 Å². The Hall–Kier alpha value is -2.19. The Bertz CT molecular complexity index is 875. The molecule has 0 saturated carbocycles. The van der Waals surface area contributed by atoms with Gasteiger partial charge in [-0.25, -0.2) is 4.98 Å². The van der Waals surface area contributed by atoms with Crippen LogP contribution in [-0.4, -0.2) is 11.3 Å². The molecule has 2 aromatic carbocycles. The molecule has 0 amide bonds. The summed E-state index contributed by atoms with van der Waals surface area (Å²) in [7, 11) is 0. The average molecular weight is 410 g/mol. The van der Waals surface area contributed by atoms with Crippen molar-refractivity contribution in [3.63, 3.8) is 0 Å². The number of alkyl halides is 3. The lowest BCUT2D eigenvalue weighted by molar-refractivity contribution is -0.274. The summed E-state index contributed by atoms with van der Waals surface area (Å²) in [6.07, 6.45) is -4.68. The van der Waals surface area contributed by atoms with Gasteiger partial charge in [0, 0.05) is 15.8 Å². The summed E-state index contributed by atoms with van der Waals surface area (Å²) in [6.45, 7) is 4.30. The molecular weight excluding hydrogens is 393 g/mol. The van der Waals surface area contributed by atoms with E-state index in [-0.39, 0.29) is 5.75 Å². The summed E-state index contributed by atoms with van der Waals surface area (Å²) in [4.78, 5) is 5.30. The van der Waals surface area contributed by atoms with Gasteiger partial charge >= 0.3 is 6.36 Å². The van der Waals surface area contributed by atoms with E-state index in [4.69, 9.17) is 0 Å². The minimum absolute atomic E-state index is 0.242. The van der Waals surface area contributed by atoms with Crippen molar-refractivity contribution in [1.29, 1.82) is 0 Å². The van der Waals surface area contributed by atoms with E-state index in [1.807, 2.05) is 5.38 Å². The monoisotopic (exact) mass is 410 g/mol. The van der Waals surface area contributed by atoms with Gasteiger partial charge in [-0.3, -0.25) is 0 Å². The van der Waals surface area contributed by atoms with Gasteiger partial charge in [-0.1, -0.05) is 38.1 Å². The van der Waals surface area contributed by atoms with Gasteiger partial charge in [-0.15, -0.1) is 24.5 Å². The van der Waals surface area contributed by atoms with Crippen molar-refractivity contribution in [2.75, 3.05) is 4.72 Å². The van der Waals surface area contributed by atoms with Crippen molar-refractivity contribution in [2.24, 2.45) is 0 Å². The van der Waals surface area contributed by atoms with Crippen molar-refractivity contribution >= 4 is 28.4 Å². The largest absolute Gasteiger partial charge is 0.573 e. The maximum atomic E-state index is 12.2. The fraction of sp³-hybridized carbons (Fsp3) is 0.211. The molecule has 0 aliphatic heterocycles. The van der Waals surface area contributed by atoms with Crippen LogP contribution in [0.15, 0.2) is 58.8 Å². The zero-order chi connectivity index (χ0) is 19.4. The van der Waals surface area contributed by atoms with Gasteiger partial charge < -0.3 is 9.46 Å². The number of halogens is 3. The topological polar surface area (TPSA) is 34.1 Å². The maximum Gasteiger partial charge on any atom is 0.573 e. The molecule has 0 spiro atoms. The lowest BCUT2D eigenvalue weighted by atomic mass is 10.0. The van der Waals surface area contributed by atoms with Crippen LogP contribution in [-0.2, 0) is 0 Å². The van der Waals surface area contributed by atoms with Crippen LogP contribution < -0.4 is 9.46 Å². The molecule has 3 aromatic rings. The van der Waals surface area contributed by atoms with E-state index < -0.39 is 6.36 Å². The number of hydrogen-bond donors (Lipinski definition) is 1. The Morgan fingerprint density at radius 1 is 1.04 bits per heavy atom. The molecule has 0 saturated heterocycles. The van der Waals surface area contributed by atoms with Crippen molar-refractivity contribution < 1.29 is 17.9 Å². The highest BCUT2D eigenvalue weighted by molar-refractivity contribution is 8.00. The van der Waals surface area contributed by atoms with Gasteiger partial charge in [-0.2, -0.15) is 0 Å². The van der Waals surface area contributed by atoms with Crippen LogP contribution in [0.3, 0.4) is 0 Å². The fourth-order valence-electron chi connectivity index (χ4n) is 2.30. The summed E-state index contributed by atoms with van der Waals surface area (Å²) >= 11 is 2.74. The van der Waals surface area contributed by atoms with Crippen LogP contribution in [0, 0.1) is 0 Å². The highest BCUT2D eigenvalue weighted by atomic mass is 32.2. The predicted molar refractivity (Wildman–Crippen MR) is 104 cm³/mol. The Kier molecular flexibility index (Phi) is 5.96. The number of benzene rings is 2. The smallest absolute Gasteiger partial charge is 0.406 e. The third kappa shape index (κ3) is 5.64. The molecule has 0 bridgehead atoms. The Morgan fingerprint density at radius 2 is 1.70 bits per heavy atom. The number of hydrogen-bond acceptors (Lipinski definition) is 5. The van der Waals surface area contributed by atoms with Crippen LogP contribution >= 0.6 is 23.3 Å². The zero-order valence-electron chi connectivity index (χ0n) is 14.6. The Labute approximate surface area is 163 Å². The molecule has 3 nitrogen and oxygen atoms in total. The second kappa shape index (κ2) is 8.22. The maximum absolute atomic E-state index is 12.2. The van der Waals surface area contributed by atoms with E-state index in [1.54, 1.807) is 12.1 Å². The third-order valence-electron chi connectivity index (χ3n) is 3.69. The summed E-state index contributed by atoms with van der Waals surface area (Å²) < 4.78 is 43.5. The van der Waals surface area contributed by atoms with Crippen molar-refractivity contribution in [2.45, 2.75) is 31.0 Å². The third-order valence-corrected chi connectivity index (χ3v) is 5.38. The lowest BCUT2D eigenvalue weighted by Gasteiger charge is -2.09. The predicted octanol–water partition coefficient (Wildman–Crippen LogP) is 6.95. The van der Waals surface area contributed by atoms with Crippen LogP contribution in [0.4, 0.5) is 18.3 Å². The molecular formula is C19H17F3N2OS2. The first-order valence-corrected chi connectivity index (χ1v) is 9.84. The number of ether oxygens (including phenoxy) is 1. The Balaban J connectivity index is 1.59. The molecule has 1 N–H and O–H groups in total. The molecule has 27 heavy (non-hydrogen) atoms. The minimum atomic E-state index is -4.68. The fourth-order valence-corrected chi connectivity index (χ4v) is 3.71. The van der Waals surface area contributed by atoms with E-state index >= 15 is 0 Å².